The molecule has 444 valence electrons. The first-order valence-corrected chi connectivity index (χ1v) is 30.1. The maximum absolute atomic E-state index is 15.7. The predicted molar refractivity (Wildman–Crippen MR) is 325 cm³/mol. The van der Waals surface area contributed by atoms with Gasteiger partial charge in [0.05, 0.1) is 41.0 Å². The first-order valence-electron chi connectivity index (χ1n) is 30.1. The van der Waals surface area contributed by atoms with Crippen molar-refractivity contribution < 1.29 is 41.1 Å². The van der Waals surface area contributed by atoms with E-state index in [0.717, 1.165) is 46.4 Å². The van der Waals surface area contributed by atoms with Crippen LogP contribution in [0.3, 0.4) is 0 Å². The molecule has 1 saturated carbocycles. The van der Waals surface area contributed by atoms with Gasteiger partial charge in [-0.2, -0.15) is 13.2 Å². The molecule has 4 fully saturated rings. The van der Waals surface area contributed by atoms with E-state index < -0.39 is 65.5 Å². The number of carbonyl (C=O) groups is 4. The molecule has 2 aliphatic carbocycles. The first kappa shape index (κ1) is 58.9. The van der Waals surface area contributed by atoms with Gasteiger partial charge in [-0.15, -0.1) is 0 Å². The number of amides is 4. The van der Waals surface area contributed by atoms with Crippen molar-refractivity contribution in [3.05, 3.63) is 195 Å². The van der Waals surface area contributed by atoms with Gasteiger partial charge >= 0.3 is 6.18 Å². The van der Waals surface area contributed by atoms with E-state index in [2.05, 4.69) is 66.8 Å². The zero-order chi connectivity index (χ0) is 60.1. The lowest BCUT2D eigenvalue weighted by Gasteiger charge is -2.41. The highest BCUT2D eigenvalue weighted by molar-refractivity contribution is 6.00. The van der Waals surface area contributed by atoms with Gasteiger partial charge in [-0.05, 0) is 188 Å². The number of rotatable bonds is 12. The number of nitrogens with one attached hydrogen (secondary N) is 3. The summed E-state index contributed by atoms with van der Waals surface area (Å²) in [4.78, 5) is 64.6. The largest absolute Gasteiger partial charge is 0.393 e. The number of nitrogens with zero attached hydrogens (tertiary/aromatic N) is 3. The van der Waals surface area contributed by atoms with E-state index in [1.807, 2.05) is 48.5 Å². The summed E-state index contributed by atoms with van der Waals surface area (Å²) in [7, 11) is 0. The summed E-state index contributed by atoms with van der Waals surface area (Å²) in [5, 5.41) is 9.58. The van der Waals surface area contributed by atoms with E-state index in [4.69, 9.17) is 0 Å². The number of aryl methyl sites for hydroxylation is 2. The van der Waals surface area contributed by atoms with Crippen LogP contribution in [0.2, 0.25) is 0 Å². The van der Waals surface area contributed by atoms with Crippen molar-refractivity contribution in [1.29, 1.82) is 0 Å². The van der Waals surface area contributed by atoms with E-state index >= 15 is 13.6 Å². The molecule has 15 heteroatoms. The molecule has 3 N–H and O–H groups in total. The van der Waals surface area contributed by atoms with Crippen molar-refractivity contribution in [1.82, 2.24) is 9.80 Å². The highest BCUT2D eigenvalue weighted by Gasteiger charge is 2.48. The van der Waals surface area contributed by atoms with Crippen LogP contribution in [0, 0.1) is 43.2 Å². The number of benzene rings is 6. The fraction of sp³-hybridized carbons (Fsp3) is 0.400. The third-order valence-electron chi connectivity index (χ3n) is 18.7. The third kappa shape index (κ3) is 12.1. The zero-order valence-electron chi connectivity index (χ0n) is 49.2. The molecule has 85 heavy (non-hydrogen) atoms. The van der Waals surface area contributed by atoms with E-state index in [1.165, 1.54) is 17.7 Å². The third-order valence-corrected chi connectivity index (χ3v) is 18.7. The zero-order valence-corrected chi connectivity index (χ0v) is 49.2. The Labute approximate surface area is 495 Å². The van der Waals surface area contributed by atoms with Crippen molar-refractivity contribution in [3.63, 3.8) is 0 Å². The van der Waals surface area contributed by atoms with Crippen molar-refractivity contribution >= 4 is 52.0 Å². The molecular weight excluding hydrogens is 1080 g/mol. The van der Waals surface area contributed by atoms with Gasteiger partial charge in [0.15, 0.2) is 0 Å². The first-order chi connectivity index (χ1) is 40.6. The molecule has 2 unspecified atom stereocenters. The quantitative estimate of drug-likeness (QED) is 0.105. The number of alkyl halides is 3. The Kier molecular flexibility index (Phi) is 16.6. The van der Waals surface area contributed by atoms with Crippen molar-refractivity contribution in [2.24, 2.45) is 17.8 Å². The van der Waals surface area contributed by atoms with Crippen molar-refractivity contribution in [2.75, 3.05) is 47.0 Å². The number of allylic oxidation sites excluding steroid dienone is 2. The van der Waals surface area contributed by atoms with Crippen LogP contribution in [-0.2, 0) is 21.4 Å². The van der Waals surface area contributed by atoms with Gasteiger partial charge < -0.3 is 30.7 Å². The maximum atomic E-state index is 15.7. The summed E-state index contributed by atoms with van der Waals surface area (Å²) >= 11 is 0. The lowest BCUT2D eigenvalue weighted by molar-refractivity contribution is -0.174. The van der Waals surface area contributed by atoms with Gasteiger partial charge in [0, 0.05) is 60.9 Å². The minimum atomic E-state index is -4.33. The number of fused-ring (bicyclic) bond motifs is 1. The Morgan fingerprint density at radius 2 is 1.18 bits per heavy atom. The van der Waals surface area contributed by atoms with E-state index in [-0.39, 0.29) is 47.2 Å². The van der Waals surface area contributed by atoms with Crippen LogP contribution < -0.4 is 20.9 Å². The molecule has 3 saturated heterocycles. The molecule has 6 aromatic rings. The standard InChI is InChI=1S/C70H75F5N6O4/c1-41-26-31-52-55(41)38-50(78-66(83)53-20-12-33-80(67(84)61-42(2)14-7-23-58(61)71)63(53)44-27-29-48(30-28-44)76-60-25-11-22-57(60)70(73,74)75)39-56(52)46-32-35-79(40-46)51-19-9-16-45(36-51)64-54(65(82)77-49-18-10-17-47(37-49)69(4,5)6)21-13-34-81(64)68(85)62-43(3)15-8-24-59(62)72/h7-10,14-19,23-24,26-30,36-39,46,53-54,57,60,63-64,76H,11-13,20-22,25,31-35,40H2,1-6H3,(H,77,82)(H,78,83)/t46?,53-,54-,57-,60?,63-,64-/m0/s1. The van der Waals surface area contributed by atoms with E-state index in [0.29, 0.717) is 91.9 Å². The van der Waals surface area contributed by atoms with Crippen LogP contribution in [0.1, 0.15) is 162 Å². The Morgan fingerprint density at radius 3 is 1.79 bits per heavy atom. The minimum Gasteiger partial charge on any atom is -0.382 e. The number of halogens is 5. The topological polar surface area (TPSA) is 114 Å². The monoisotopic (exact) mass is 1160 g/mol. The van der Waals surface area contributed by atoms with Gasteiger partial charge in [0.25, 0.3) is 11.8 Å². The highest BCUT2D eigenvalue weighted by atomic mass is 19.4. The molecule has 7 atom stereocenters. The second kappa shape index (κ2) is 23.9. The van der Waals surface area contributed by atoms with Gasteiger partial charge in [-0.1, -0.05) is 93.9 Å². The summed E-state index contributed by atoms with van der Waals surface area (Å²) in [6.45, 7) is 13.8. The molecule has 6 aromatic carbocycles. The molecule has 10 nitrogen and oxygen atoms in total. The fourth-order valence-electron chi connectivity index (χ4n) is 14.2. The molecule has 4 amide bonds. The van der Waals surface area contributed by atoms with Crippen LogP contribution in [0.25, 0.3) is 5.57 Å². The van der Waals surface area contributed by atoms with Gasteiger partial charge in [0.2, 0.25) is 11.8 Å². The molecule has 0 spiro atoms. The smallest absolute Gasteiger partial charge is 0.382 e. The van der Waals surface area contributed by atoms with Crippen LogP contribution in [0.5, 0.6) is 0 Å². The van der Waals surface area contributed by atoms with Crippen LogP contribution in [-0.4, -0.2) is 71.8 Å². The van der Waals surface area contributed by atoms with Gasteiger partial charge in [-0.25, -0.2) is 8.78 Å². The Balaban J connectivity index is 0.870. The molecule has 3 heterocycles. The summed E-state index contributed by atoms with van der Waals surface area (Å²) < 4.78 is 73.1. The second-order valence-corrected chi connectivity index (χ2v) is 25.2. The molecule has 11 rings (SSSR count). The summed E-state index contributed by atoms with van der Waals surface area (Å²) in [5.74, 6) is -5.62. The molecular formula is C70H75F5N6O4. The molecule has 0 radical (unpaired) electrons. The van der Waals surface area contributed by atoms with E-state index in [9.17, 15) is 27.6 Å². The lowest BCUT2D eigenvalue weighted by atomic mass is 9.82. The Hall–Kier alpha value is -7.81. The Bertz CT molecular complexity index is 3530. The normalized spacial score (nSPS) is 22.5. The van der Waals surface area contributed by atoms with Gasteiger partial charge in [-0.3, -0.25) is 19.2 Å². The minimum absolute atomic E-state index is 0.00110. The lowest BCUT2D eigenvalue weighted by Crippen LogP contribution is -2.46. The Morgan fingerprint density at radius 1 is 0.576 bits per heavy atom. The number of likely N-dealkylation sites (tertiary alicyclic amines) is 2. The summed E-state index contributed by atoms with van der Waals surface area (Å²) in [6.07, 6.45) is 2.28. The maximum Gasteiger partial charge on any atom is 0.393 e. The van der Waals surface area contributed by atoms with Crippen LogP contribution in [0.4, 0.5) is 44.7 Å². The van der Waals surface area contributed by atoms with Crippen LogP contribution in [0.15, 0.2) is 127 Å². The average Bonchev–Trinajstić information content (AvgIpc) is 2.40. The number of carbonyl (C=O) groups excluding carboxylic acids is 4. The number of anilines is 4. The van der Waals surface area contributed by atoms with Crippen LogP contribution >= 0.6 is 0 Å². The van der Waals surface area contributed by atoms with Gasteiger partial charge in [0.1, 0.15) is 11.6 Å². The molecule has 3 aliphatic heterocycles. The second-order valence-electron chi connectivity index (χ2n) is 25.2. The predicted octanol–water partition coefficient (Wildman–Crippen LogP) is 15.4. The number of hydrogen-bond donors (Lipinski definition) is 3. The summed E-state index contributed by atoms with van der Waals surface area (Å²) in [6, 6.07) is 33.7. The number of piperidine rings is 2. The number of hydrogen-bond acceptors (Lipinski definition) is 6. The molecule has 5 aliphatic rings. The van der Waals surface area contributed by atoms with Crippen molar-refractivity contribution in [2.45, 2.75) is 135 Å². The molecule has 0 aromatic heterocycles. The van der Waals surface area contributed by atoms with E-state index in [1.54, 1.807) is 72.2 Å². The molecule has 0 bridgehead atoms. The fourth-order valence-corrected chi connectivity index (χ4v) is 14.2. The highest BCUT2D eigenvalue weighted by Crippen LogP contribution is 2.46. The van der Waals surface area contributed by atoms with Crippen molar-refractivity contribution in [3.8, 4) is 0 Å². The summed E-state index contributed by atoms with van der Waals surface area (Å²) in [5.41, 5.74) is 10.4. The SMILES string of the molecule is CC1=CCc2c1cc(NC(=O)[C@H]1CCCN(C(=O)c3c(C)cccc3F)[C@H]1c1ccc(NC3CCC[C@@H]3C(F)(F)F)cc1)cc2C1CCN(c2cccc([C@H]3[C@@H](C(=O)Nc4cccc(C(C)(C)C)c4)CCCN3C(=O)c3c(C)cccc3F)c2)C1. The average molecular weight is 1160 g/mol.